The molecule has 186 valence electrons. The van der Waals surface area contributed by atoms with Gasteiger partial charge in [0.2, 0.25) is 15.9 Å². The summed E-state index contributed by atoms with van der Waals surface area (Å²) in [6, 6.07) is 5.56. The fourth-order valence-electron chi connectivity index (χ4n) is 4.71. The lowest BCUT2D eigenvalue weighted by Gasteiger charge is -2.35. The van der Waals surface area contributed by atoms with Crippen molar-refractivity contribution in [2.24, 2.45) is 0 Å². The lowest BCUT2D eigenvalue weighted by atomic mass is 10.00. The van der Waals surface area contributed by atoms with Gasteiger partial charge in [-0.15, -0.1) is 0 Å². The third-order valence-corrected chi connectivity index (χ3v) is 8.54. The Labute approximate surface area is 198 Å². The van der Waals surface area contributed by atoms with Crippen molar-refractivity contribution in [3.8, 4) is 5.75 Å². The van der Waals surface area contributed by atoms with Gasteiger partial charge in [-0.05, 0) is 62.4 Å². The third kappa shape index (κ3) is 7.15. The van der Waals surface area contributed by atoms with Gasteiger partial charge in [0.25, 0.3) is 0 Å². The molecule has 9 heteroatoms. The highest BCUT2D eigenvalue weighted by Crippen LogP contribution is 2.26. The Hall–Kier alpha value is -1.68. The number of hydrogen-bond donors (Lipinski definition) is 1. The van der Waals surface area contributed by atoms with Crippen LogP contribution in [-0.2, 0) is 26.0 Å². The number of amides is 1. The molecule has 2 saturated heterocycles. The summed E-state index contributed by atoms with van der Waals surface area (Å²) >= 11 is 0. The molecule has 3 rings (SSSR count). The number of rotatable bonds is 11. The van der Waals surface area contributed by atoms with Crippen molar-refractivity contribution >= 4 is 15.9 Å². The van der Waals surface area contributed by atoms with E-state index in [9.17, 15) is 13.2 Å². The van der Waals surface area contributed by atoms with Crippen LogP contribution in [0.4, 0.5) is 0 Å². The Morgan fingerprint density at radius 3 is 2.73 bits per heavy atom. The van der Waals surface area contributed by atoms with Crippen molar-refractivity contribution in [2.45, 2.75) is 62.8 Å². The fraction of sp³-hybridized carbons (Fsp3) is 0.708. The van der Waals surface area contributed by atoms with Crippen LogP contribution < -0.4 is 10.1 Å². The van der Waals surface area contributed by atoms with Gasteiger partial charge in [0, 0.05) is 38.6 Å². The van der Waals surface area contributed by atoms with Crippen LogP contribution in [0.5, 0.6) is 5.75 Å². The smallest absolute Gasteiger partial charge is 0.243 e. The minimum atomic E-state index is -3.59. The molecule has 8 nitrogen and oxygen atoms in total. The second-order valence-electron chi connectivity index (χ2n) is 8.79. The zero-order valence-electron chi connectivity index (χ0n) is 20.1. The summed E-state index contributed by atoms with van der Waals surface area (Å²) in [6.07, 6.45) is 6.72. The van der Waals surface area contributed by atoms with Gasteiger partial charge in [-0.2, -0.15) is 4.31 Å². The van der Waals surface area contributed by atoms with E-state index in [4.69, 9.17) is 9.47 Å². The number of methoxy groups -OCH3 is 1. The van der Waals surface area contributed by atoms with E-state index in [2.05, 4.69) is 17.1 Å². The molecule has 33 heavy (non-hydrogen) atoms. The Bertz CT molecular complexity index is 871. The first-order chi connectivity index (χ1) is 16.0. The van der Waals surface area contributed by atoms with Gasteiger partial charge < -0.3 is 19.7 Å². The highest BCUT2D eigenvalue weighted by Gasteiger charge is 2.27. The molecule has 0 saturated carbocycles. The quantitative estimate of drug-likeness (QED) is 0.489. The average molecular weight is 482 g/mol. The summed E-state index contributed by atoms with van der Waals surface area (Å²) in [7, 11) is -2.04. The predicted octanol–water partition coefficient (Wildman–Crippen LogP) is 2.42. The molecule has 0 spiro atoms. The van der Waals surface area contributed by atoms with Gasteiger partial charge in [0.05, 0.1) is 25.2 Å². The second kappa shape index (κ2) is 12.7. The van der Waals surface area contributed by atoms with E-state index in [1.54, 1.807) is 25.3 Å². The molecular formula is C24H39N3O5S. The van der Waals surface area contributed by atoms with Gasteiger partial charge in [0.15, 0.2) is 0 Å². The number of sulfonamides is 1. The van der Waals surface area contributed by atoms with E-state index in [-0.39, 0.29) is 10.8 Å². The van der Waals surface area contributed by atoms with Gasteiger partial charge in [-0.3, -0.25) is 4.79 Å². The highest BCUT2D eigenvalue weighted by atomic mass is 32.2. The molecule has 1 aromatic carbocycles. The molecule has 0 bridgehead atoms. The normalized spacial score (nSPS) is 20.5. The number of hydrogen-bond acceptors (Lipinski definition) is 6. The number of carbonyl (C=O) groups is 1. The molecule has 2 aliphatic heterocycles. The second-order valence-corrected chi connectivity index (χ2v) is 10.7. The number of nitrogens with one attached hydrogen (secondary N) is 1. The Morgan fingerprint density at radius 1 is 1.21 bits per heavy atom. The van der Waals surface area contributed by atoms with Crippen molar-refractivity contribution in [2.75, 3.05) is 53.0 Å². The van der Waals surface area contributed by atoms with Crippen LogP contribution in [-0.4, -0.2) is 82.6 Å². The lowest BCUT2D eigenvalue weighted by Crippen LogP contribution is -2.40. The van der Waals surface area contributed by atoms with Crippen LogP contribution in [0.25, 0.3) is 0 Å². The van der Waals surface area contributed by atoms with Crippen LogP contribution in [0, 0.1) is 0 Å². The number of carbonyl (C=O) groups excluding carboxylic acids is 1. The maximum atomic E-state index is 13.0. The van der Waals surface area contributed by atoms with Crippen LogP contribution in [0.1, 0.15) is 51.0 Å². The molecule has 2 fully saturated rings. The molecule has 0 radical (unpaired) electrons. The molecule has 0 unspecified atom stereocenters. The largest absolute Gasteiger partial charge is 0.496 e. The Kier molecular flexibility index (Phi) is 9.97. The molecular weight excluding hydrogens is 442 g/mol. The first kappa shape index (κ1) is 25.9. The summed E-state index contributed by atoms with van der Waals surface area (Å²) in [5.74, 6) is 0.573. The monoisotopic (exact) mass is 481 g/mol. The summed E-state index contributed by atoms with van der Waals surface area (Å²) < 4.78 is 38.1. The summed E-state index contributed by atoms with van der Waals surface area (Å²) in [5, 5.41) is 3.01. The van der Waals surface area contributed by atoms with Crippen molar-refractivity contribution in [1.29, 1.82) is 0 Å². The zero-order valence-corrected chi connectivity index (χ0v) is 20.9. The summed E-state index contributed by atoms with van der Waals surface area (Å²) in [6.45, 7) is 6.60. The summed E-state index contributed by atoms with van der Waals surface area (Å²) in [5.41, 5.74) is 0.723. The predicted molar refractivity (Wildman–Crippen MR) is 128 cm³/mol. The number of ether oxygens (including phenoxy) is 2. The molecule has 0 aromatic heterocycles. The van der Waals surface area contributed by atoms with Crippen LogP contribution >= 0.6 is 0 Å². The molecule has 2 aliphatic rings. The third-order valence-electron chi connectivity index (χ3n) is 6.65. The number of likely N-dealkylation sites (tertiary alicyclic amines) is 1. The van der Waals surface area contributed by atoms with E-state index in [1.807, 2.05) is 0 Å². The van der Waals surface area contributed by atoms with Crippen LogP contribution in [0.15, 0.2) is 23.1 Å². The number of morpholine rings is 1. The van der Waals surface area contributed by atoms with Gasteiger partial charge >= 0.3 is 0 Å². The van der Waals surface area contributed by atoms with E-state index < -0.39 is 10.0 Å². The molecule has 2 heterocycles. The Balaban J connectivity index is 1.50. The van der Waals surface area contributed by atoms with Crippen LogP contribution in [0.2, 0.25) is 0 Å². The van der Waals surface area contributed by atoms with Crippen molar-refractivity contribution < 1.29 is 22.7 Å². The van der Waals surface area contributed by atoms with Gasteiger partial charge in [-0.1, -0.05) is 13.3 Å². The fourth-order valence-corrected chi connectivity index (χ4v) is 6.17. The minimum absolute atomic E-state index is 0.0239. The lowest BCUT2D eigenvalue weighted by molar-refractivity contribution is -0.121. The topological polar surface area (TPSA) is 88.2 Å². The summed E-state index contributed by atoms with van der Waals surface area (Å²) in [4.78, 5) is 15.2. The number of aryl methyl sites for hydroxylation is 1. The van der Waals surface area contributed by atoms with Gasteiger partial charge in [0.1, 0.15) is 5.75 Å². The molecule has 1 N–H and O–H groups in total. The number of piperidine rings is 1. The number of benzene rings is 1. The Morgan fingerprint density at radius 2 is 2.00 bits per heavy atom. The van der Waals surface area contributed by atoms with Crippen molar-refractivity contribution in [3.63, 3.8) is 0 Å². The van der Waals surface area contributed by atoms with E-state index in [0.29, 0.717) is 57.5 Å². The maximum Gasteiger partial charge on any atom is 0.243 e. The first-order valence-electron chi connectivity index (χ1n) is 12.2. The molecule has 1 aromatic rings. The van der Waals surface area contributed by atoms with Crippen LogP contribution in [0.3, 0.4) is 0 Å². The molecule has 0 aliphatic carbocycles. The molecule has 1 atom stereocenters. The highest BCUT2D eigenvalue weighted by molar-refractivity contribution is 7.89. The molecule has 1 amide bonds. The first-order valence-corrected chi connectivity index (χ1v) is 13.6. The van der Waals surface area contributed by atoms with Crippen molar-refractivity contribution in [3.05, 3.63) is 23.8 Å². The van der Waals surface area contributed by atoms with Gasteiger partial charge in [-0.25, -0.2) is 8.42 Å². The van der Waals surface area contributed by atoms with E-state index in [1.165, 1.54) is 30.0 Å². The average Bonchev–Trinajstić information content (AvgIpc) is 2.85. The maximum absolute atomic E-state index is 13.0. The minimum Gasteiger partial charge on any atom is -0.496 e. The van der Waals surface area contributed by atoms with E-state index >= 15 is 0 Å². The zero-order chi connectivity index (χ0) is 23.7. The SMILES string of the molecule is CC[C@H]1CCCCN1CCCNC(=O)CCc1cc(S(=O)(=O)N2CCOCC2)ccc1OC. The van der Waals surface area contributed by atoms with Crippen molar-refractivity contribution in [1.82, 2.24) is 14.5 Å². The number of nitrogens with zero attached hydrogens (tertiary/aromatic N) is 2. The standard InChI is InChI=1S/C24H39N3O5S/c1-3-21-7-4-5-13-26(21)14-6-12-25-24(28)11-8-20-19-22(9-10-23(20)31-2)33(29,30)27-15-17-32-18-16-27/h9-10,19,21H,3-8,11-18H2,1-2H3,(H,25,28)/t21-/m0/s1. The van der Waals surface area contributed by atoms with E-state index in [0.717, 1.165) is 25.1 Å².